The van der Waals surface area contributed by atoms with Gasteiger partial charge in [0.2, 0.25) is 0 Å². The SMILES string of the molecule is CC(c1ccccc1)N1C(=O)C(=O)N(Cc2c(F)cccc2Cl)C1=O. The maximum atomic E-state index is 13.9. The van der Waals surface area contributed by atoms with E-state index in [1.807, 2.05) is 6.07 Å². The Balaban J connectivity index is 1.90. The second-order valence-electron chi connectivity index (χ2n) is 5.64. The summed E-state index contributed by atoms with van der Waals surface area (Å²) < 4.78 is 13.9. The van der Waals surface area contributed by atoms with E-state index >= 15 is 0 Å². The quantitative estimate of drug-likeness (QED) is 0.619. The Hall–Kier alpha value is -2.73. The van der Waals surface area contributed by atoms with E-state index in [4.69, 9.17) is 11.6 Å². The Morgan fingerprint density at radius 1 is 1.00 bits per heavy atom. The molecule has 0 saturated carbocycles. The molecule has 7 heteroatoms. The van der Waals surface area contributed by atoms with Crippen molar-refractivity contribution < 1.29 is 18.8 Å². The van der Waals surface area contributed by atoms with Gasteiger partial charge in [0.05, 0.1) is 12.6 Å². The van der Waals surface area contributed by atoms with Crippen LogP contribution in [0.15, 0.2) is 48.5 Å². The largest absolute Gasteiger partial charge is 0.335 e. The van der Waals surface area contributed by atoms with Crippen molar-refractivity contribution in [1.82, 2.24) is 9.80 Å². The van der Waals surface area contributed by atoms with E-state index in [9.17, 15) is 18.8 Å². The molecule has 0 radical (unpaired) electrons. The van der Waals surface area contributed by atoms with Gasteiger partial charge in [-0.05, 0) is 24.6 Å². The van der Waals surface area contributed by atoms with Crippen molar-refractivity contribution >= 4 is 29.4 Å². The number of amides is 4. The summed E-state index contributed by atoms with van der Waals surface area (Å²) in [6.07, 6.45) is 0. The topological polar surface area (TPSA) is 57.7 Å². The van der Waals surface area contributed by atoms with Gasteiger partial charge in [0.25, 0.3) is 0 Å². The molecule has 0 bridgehead atoms. The van der Waals surface area contributed by atoms with Crippen LogP contribution in [0.1, 0.15) is 24.1 Å². The maximum absolute atomic E-state index is 13.9. The molecule has 0 N–H and O–H groups in total. The van der Waals surface area contributed by atoms with E-state index in [2.05, 4.69) is 0 Å². The van der Waals surface area contributed by atoms with Crippen LogP contribution in [0.25, 0.3) is 0 Å². The summed E-state index contributed by atoms with van der Waals surface area (Å²) in [6.45, 7) is 1.25. The number of carbonyl (C=O) groups excluding carboxylic acids is 3. The molecule has 1 fully saturated rings. The molecule has 1 aliphatic rings. The first-order chi connectivity index (χ1) is 11.9. The molecule has 1 heterocycles. The minimum Gasteiger partial charge on any atom is -0.263 e. The molecule has 1 unspecified atom stereocenters. The van der Waals surface area contributed by atoms with E-state index in [1.165, 1.54) is 18.2 Å². The molecule has 2 aromatic rings. The van der Waals surface area contributed by atoms with Crippen LogP contribution in [-0.2, 0) is 16.1 Å². The molecule has 1 atom stereocenters. The number of nitrogens with zero attached hydrogens (tertiary/aromatic N) is 2. The van der Waals surface area contributed by atoms with Crippen molar-refractivity contribution in [2.45, 2.75) is 19.5 Å². The summed E-state index contributed by atoms with van der Waals surface area (Å²) in [5, 5.41) is 0.0857. The van der Waals surface area contributed by atoms with Gasteiger partial charge in [-0.25, -0.2) is 14.1 Å². The van der Waals surface area contributed by atoms with Gasteiger partial charge in [-0.3, -0.25) is 14.5 Å². The molecular formula is C18H14ClFN2O3. The number of hydrogen-bond donors (Lipinski definition) is 0. The second kappa shape index (κ2) is 6.64. The fourth-order valence-electron chi connectivity index (χ4n) is 2.73. The van der Waals surface area contributed by atoms with E-state index < -0.39 is 36.2 Å². The summed E-state index contributed by atoms with van der Waals surface area (Å²) in [5.41, 5.74) is 0.704. The summed E-state index contributed by atoms with van der Waals surface area (Å²) in [6, 6.07) is 11.5. The van der Waals surface area contributed by atoms with E-state index in [0.717, 1.165) is 4.90 Å². The van der Waals surface area contributed by atoms with Gasteiger partial charge < -0.3 is 0 Å². The first-order valence-corrected chi connectivity index (χ1v) is 7.96. The van der Waals surface area contributed by atoms with Gasteiger partial charge in [0.1, 0.15) is 5.82 Å². The third-order valence-corrected chi connectivity index (χ3v) is 4.49. The normalized spacial score (nSPS) is 15.9. The second-order valence-corrected chi connectivity index (χ2v) is 6.04. The number of hydrogen-bond acceptors (Lipinski definition) is 3. The van der Waals surface area contributed by atoms with Gasteiger partial charge >= 0.3 is 17.8 Å². The Morgan fingerprint density at radius 2 is 1.68 bits per heavy atom. The van der Waals surface area contributed by atoms with Crippen LogP contribution in [0.5, 0.6) is 0 Å². The lowest BCUT2D eigenvalue weighted by Gasteiger charge is -2.22. The first-order valence-electron chi connectivity index (χ1n) is 7.58. The Morgan fingerprint density at radius 3 is 2.32 bits per heavy atom. The van der Waals surface area contributed by atoms with Crippen LogP contribution in [0.4, 0.5) is 9.18 Å². The van der Waals surface area contributed by atoms with Crippen molar-refractivity contribution in [2.24, 2.45) is 0 Å². The average molecular weight is 361 g/mol. The van der Waals surface area contributed by atoms with Crippen LogP contribution < -0.4 is 0 Å². The summed E-state index contributed by atoms with van der Waals surface area (Å²) in [7, 11) is 0. The molecular weight excluding hydrogens is 347 g/mol. The monoisotopic (exact) mass is 360 g/mol. The van der Waals surface area contributed by atoms with Crippen LogP contribution in [0, 0.1) is 5.82 Å². The van der Waals surface area contributed by atoms with Crippen LogP contribution in [0.2, 0.25) is 5.02 Å². The number of imide groups is 2. The van der Waals surface area contributed by atoms with Crippen molar-refractivity contribution in [3.63, 3.8) is 0 Å². The van der Waals surface area contributed by atoms with E-state index in [-0.39, 0.29) is 10.6 Å². The van der Waals surface area contributed by atoms with Gasteiger partial charge in [-0.1, -0.05) is 48.0 Å². The van der Waals surface area contributed by atoms with Gasteiger partial charge in [0, 0.05) is 10.6 Å². The van der Waals surface area contributed by atoms with Crippen molar-refractivity contribution in [3.05, 3.63) is 70.5 Å². The maximum Gasteiger partial charge on any atom is 0.335 e. The van der Waals surface area contributed by atoms with Crippen LogP contribution in [-0.4, -0.2) is 27.6 Å². The lowest BCUT2D eigenvalue weighted by atomic mass is 10.1. The highest BCUT2D eigenvalue weighted by Crippen LogP contribution is 2.29. The molecule has 4 amide bonds. The molecule has 25 heavy (non-hydrogen) atoms. The average Bonchev–Trinajstić information content (AvgIpc) is 2.81. The standard InChI is InChI=1S/C18H14ClFN2O3/c1-11(12-6-3-2-4-7-12)22-17(24)16(23)21(18(22)25)10-13-14(19)8-5-9-15(13)20/h2-9,11H,10H2,1H3. The van der Waals surface area contributed by atoms with Gasteiger partial charge in [-0.2, -0.15) is 0 Å². The highest BCUT2D eigenvalue weighted by atomic mass is 35.5. The molecule has 128 valence electrons. The first kappa shape index (κ1) is 17.1. The molecule has 0 aromatic heterocycles. The fourth-order valence-corrected chi connectivity index (χ4v) is 2.95. The number of urea groups is 1. The third kappa shape index (κ3) is 3.00. The van der Waals surface area contributed by atoms with E-state index in [0.29, 0.717) is 10.5 Å². The molecule has 0 spiro atoms. The summed E-state index contributed by atoms with van der Waals surface area (Å²) >= 11 is 5.95. The molecule has 1 aliphatic heterocycles. The minimum absolute atomic E-state index is 0.00659. The van der Waals surface area contributed by atoms with Crippen molar-refractivity contribution in [3.8, 4) is 0 Å². The highest BCUT2D eigenvalue weighted by molar-refractivity contribution is 6.44. The Kier molecular flexibility index (Phi) is 4.55. The van der Waals surface area contributed by atoms with Crippen LogP contribution in [0.3, 0.4) is 0 Å². The van der Waals surface area contributed by atoms with Crippen molar-refractivity contribution in [1.29, 1.82) is 0 Å². The highest BCUT2D eigenvalue weighted by Gasteiger charge is 2.47. The molecule has 1 saturated heterocycles. The minimum atomic E-state index is -0.993. The Bertz CT molecular complexity index is 836. The summed E-state index contributed by atoms with van der Waals surface area (Å²) in [4.78, 5) is 38.7. The predicted octanol–water partition coefficient (Wildman–Crippen LogP) is 3.53. The summed E-state index contributed by atoms with van der Waals surface area (Å²) in [5.74, 6) is -2.57. The molecule has 0 aliphatic carbocycles. The predicted molar refractivity (Wildman–Crippen MR) is 89.1 cm³/mol. The number of benzene rings is 2. The zero-order valence-electron chi connectivity index (χ0n) is 13.3. The lowest BCUT2D eigenvalue weighted by molar-refractivity contribution is -0.144. The van der Waals surface area contributed by atoms with Gasteiger partial charge in [0.15, 0.2) is 0 Å². The smallest absolute Gasteiger partial charge is 0.263 e. The fraction of sp³-hybridized carbons (Fsp3) is 0.167. The van der Waals surface area contributed by atoms with E-state index in [1.54, 1.807) is 31.2 Å². The molecule has 5 nitrogen and oxygen atoms in total. The third-order valence-electron chi connectivity index (χ3n) is 4.13. The zero-order valence-corrected chi connectivity index (χ0v) is 14.0. The van der Waals surface area contributed by atoms with Crippen molar-refractivity contribution in [2.75, 3.05) is 0 Å². The number of carbonyl (C=O) groups is 3. The number of halogens is 2. The lowest BCUT2D eigenvalue weighted by Crippen LogP contribution is -2.35. The van der Waals surface area contributed by atoms with Gasteiger partial charge in [-0.15, -0.1) is 0 Å². The number of rotatable bonds is 4. The molecule has 3 rings (SSSR count). The Labute approximate surface area is 148 Å². The molecule has 2 aromatic carbocycles. The zero-order chi connectivity index (χ0) is 18.1. The van der Waals surface area contributed by atoms with Crippen LogP contribution >= 0.6 is 11.6 Å².